The molecule has 2 heterocycles. The second-order valence-electron chi connectivity index (χ2n) is 7.57. The second kappa shape index (κ2) is 10.3. The molecule has 2 atom stereocenters. The largest absolute Gasteiger partial charge is 0.374 e. The third kappa shape index (κ3) is 6.22. The number of nitrogens with zero attached hydrogens (tertiary/aromatic N) is 2. The summed E-state index contributed by atoms with van der Waals surface area (Å²) >= 11 is 18.3. The Labute approximate surface area is 196 Å². The monoisotopic (exact) mass is 480 g/mol. The molecule has 2 aromatic carbocycles. The summed E-state index contributed by atoms with van der Waals surface area (Å²) in [4.78, 5) is 4.13. The van der Waals surface area contributed by atoms with Gasteiger partial charge in [0.15, 0.2) is 5.79 Å². The lowest BCUT2D eigenvalue weighted by molar-refractivity contribution is -0.187. The molecule has 1 aliphatic rings. The number of hydrogen-bond donors (Lipinski definition) is 0. The van der Waals surface area contributed by atoms with Crippen molar-refractivity contribution in [2.45, 2.75) is 37.9 Å². The van der Waals surface area contributed by atoms with Crippen molar-refractivity contribution in [2.75, 3.05) is 13.2 Å². The van der Waals surface area contributed by atoms with Crippen LogP contribution in [0.15, 0.2) is 61.2 Å². The van der Waals surface area contributed by atoms with Crippen molar-refractivity contribution in [3.8, 4) is 0 Å². The quantitative estimate of drug-likeness (QED) is 0.387. The molecule has 4 rings (SSSR count). The molecule has 0 aliphatic carbocycles. The predicted octanol–water partition coefficient (Wildman–Crippen LogP) is 5.80. The lowest BCUT2D eigenvalue weighted by Gasteiger charge is -2.29. The average Bonchev–Trinajstić information content (AvgIpc) is 3.40. The van der Waals surface area contributed by atoms with Gasteiger partial charge in [0.2, 0.25) is 0 Å². The molecule has 3 aromatic rings. The molecule has 1 aromatic heterocycles. The second-order valence-corrected chi connectivity index (χ2v) is 8.85. The van der Waals surface area contributed by atoms with E-state index in [4.69, 9.17) is 49.0 Å². The predicted molar refractivity (Wildman–Crippen MR) is 122 cm³/mol. The van der Waals surface area contributed by atoms with Gasteiger partial charge in [-0.05, 0) is 41.8 Å². The normalized spacial score (nSPS) is 20.9. The molecule has 0 saturated carbocycles. The molecule has 164 valence electrons. The zero-order valence-corrected chi connectivity index (χ0v) is 19.1. The van der Waals surface area contributed by atoms with Crippen molar-refractivity contribution in [1.82, 2.24) is 9.55 Å². The molecule has 0 N–H and O–H groups in total. The van der Waals surface area contributed by atoms with Crippen molar-refractivity contribution in [3.63, 3.8) is 0 Å². The van der Waals surface area contributed by atoms with Crippen LogP contribution in [-0.4, -0.2) is 34.7 Å². The molecular formula is C23H23Cl3N2O3. The zero-order valence-electron chi connectivity index (χ0n) is 16.8. The fourth-order valence-corrected chi connectivity index (χ4v) is 4.22. The third-order valence-corrected chi connectivity index (χ3v) is 6.01. The first-order valence-electron chi connectivity index (χ1n) is 10.0. The summed E-state index contributed by atoms with van der Waals surface area (Å²) < 4.78 is 20.4. The Hall–Kier alpha value is -1.60. The smallest absolute Gasteiger partial charge is 0.187 e. The van der Waals surface area contributed by atoms with Gasteiger partial charge in [-0.1, -0.05) is 53.0 Å². The maximum Gasteiger partial charge on any atom is 0.187 e. The molecule has 31 heavy (non-hydrogen) atoms. The molecule has 1 saturated heterocycles. The SMILES string of the molecule is Clc1ccc(COCC2COC(CCc3ccc(Cl)cc3Cl)(Cn3ccnc3)O2)cc1. The molecule has 1 fully saturated rings. The fourth-order valence-electron chi connectivity index (χ4n) is 3.59. The maximum absolute atomic E-state index is 6.38. The van der Waals surface area contributed by atoms with Crippen molar-refractivity contribution in [2.24, 2.45) is 0 Å². The van der Waals surface area contributed by atoms with Crippen LogP contribution in [0.1, 0.15) is 17.5 Å². The highest BCUT2D eigenvalue weighted by Gasteiger charge is 2.41. The molecule has 2 unspecified atom stereocenters. The van der Waals surface area contributed by atoms with E-state index < -0.39 is 5.79 Å². The van der Waals surface area contributed by atoms with Gasteiger partial charge in [-0.25, -0.2) is 4.98 Å². The summed E-state index contributed by atoms with van der Waals surface area (Å²) in [5.41, 5.74) is 2.07. The van der Waals surface area contributed by atoms with E-state index in [1.807, 2.05) is 47.2 Å². The molecule has 0 bridgehead atoms. The highest BCUT2D eigenvalue weighted by Crippen LogP contribution is 2.32. The van der Waals surface area contributed by atoms with Crippen molar-refractivity contribution < 1.29 is 14.2 Å². The summed E-state index contributed by atoms with van der Waals surface area (Å²) in [5, 5.41) is 1.97. The minimum atomic E-state index is -0.780. The number of aromatic nitrogens is 2. The van der Waals surface area contributed by atoms with Crippen LogP contribution in [0.5, 0.6) is 0 Å². The van der Waals surface area contributed by atoms with Crippen molar-refractivity contribution in [3.05, 3.63) is 87.4 Å². The van der Waals surface area contributed by atoms with E-state index >= 15 is 0 Å². The lowest BCUT2D eigenvalue weighted by Crippen LogP contribution is -2.37. The Morgan fingerprint density at radius 3 is 2.65 bits per heavy atom. The molecule has 8 heteroatoms. The van der Waals surface area contributed by atoms with Crippen LogP contribution in [0.25, 0.3) is 0 Å². The molecule has 0 spiro atoms. The highest BCUT2D eigenvalue weighted by molar-refractivity contribution is 6.35. The van der Waals surface area contributed by atoms with Crippen LogP contribution >= 0.6 is 34.8 Å². The van der Waals surface area contributed by atoms with Gasteiger partial charge in [-0.2, -0.15) is 0 Å². The first-order valence-corrected chi connectivity index (χ1v) is 11.2. The summed E-state index contributed by atoms with van der Waals surface area (Å²) in [6.45, 7) is 1.93. The molecular weight excluding hydrogens is 459 g/mol. The van der Waals surface area contributed by atoms with Crippen LogP contribution in [-0.2, 0) is 33.8 Å². The Balaban J connectivity index is 1.37. The van der Waals surface area contributed by atoms with Gasteiger partial charge >= 0.3 is 0 Å². The zero-order chi connectivity index (χ0) is 21.7. The summed E-state index contributed by atoms with van der Waals surface area (Å²) in [6, 6.07) is 13.2. The maximum atomic E-state index is 6.38. The minimum absolute atomic E-state index is 0.156. The Morgan fingerprint density at radius 2 is 1.90 bits per heavy atom. The summed E-state index contributed by atoms with van der Waals surface area (Å²) in [7, 11) is 0. The molecule has 1 aliphatic heterocycles. The van der Waals surface area contributed by atoms with Crippen LogP contribution in [0.3, 0.4) is 0 Å². The Bertz CT molecular complexity index is 982. The van der Waals surface area contributed by atoms with Crippen LogP contribution < -0.4 is 0 Å². The van der Waals surface area contributed by atoms with Crippen molar-refractivity contribution >= 4 is 34.8 Å². The van der Waals surface area contributed by atoms with Gasteiger partial charge in [-0.15, -0.1) is 0 Å². The molecule has 0 amide bonds. The molecule has 0 radical (unpaired) electrons. The van der Waals surface area contributed by atoms with Crippen molar-refractivity contribution in [1.29, 1.82) is 0 Å². The standard InChI is InChI=1S/C23H23Cl3N2O3/c24-19-4-1-17(2-5-19)12-29-13-21-14-30-23(31-21,15-28-10-9-27-16-28)8-7-18-3-6-20(25)11-22(18)26/h1-6,9-11,16,21H,7-8,12-15H2. The summed E-state index contributed by atoms with van der Waals surface area (Å²) in [6.07, 6.45) is 6.58. The number of benzene rings is 2. The van der Waals surface area contributed by atoms with Gasteiger partial charge in [0.05, 0.1) is 32.7 Å². The van der Waals surface area contributed by atoms with E-state index in [2.05, 4.69) is 4.98 Å². The van der Waals surface area contributed by atoms with Gasteiger partial charge in [0.25, 0.3) is 0 Å². The Kier molecular flexibility index (Phi) is 7.54. The van der Waals surface area contributed by atoms with Crippen LogP contribution in [0.4, 0.5) is 0 Å². The fraction of sp³-hybridized carbons (Fsp3) is 0.348. The van der Waals surface area contributed by atoms with Gasteiger partial charge in [0.1, 0.15) is 6.10 Å². The first kappa shape index (κ1) is 22.6. The summed E-state index contributed by atoms with van der Waals surface area (Å²) in [5.74, 6) is -0.780. The van der Waals surface area contributed by atoms with Gasteiger partial charge in [0, 0.05) is 33.9 Å². The topological polar surface area (TPSA) is 45.5 Å². The van der Waals surface area contributed by atoms with E-state index in [-0.39, 0.29) is 6.10 Å². The number of rotatable bonds is 9. The third-order valence-electron chi connectivity index (χ3n) is 5.17. The number of halogens is 3. The number of hydrogen-bond acceptors (Lipinski definition) is 4. The number of aryl methyl sites for hydroxylation is 1. The number of imidazole rings is 1. The van der Waals surface area contributed by atoms with E-state index in [0.717, 1.165) is 11.1 Å². The van der Waals surface area contributed by atoms with Gasteiger partial charge in [-0.3, -0.25) is 0 Å². The van der Waals surface area contributed by atoms with E-state index in [1.54, 1.807) is 18.6 Å². The van der Waals surface area contributed by atoms with Crippen LogP contribution in [0.2, 0.25) is 15.1 Å². The molecule has 5 nitrogen and oxygen atoms in total. The highest BCUT2D eigenvalue weighted by atomic mass is 35.5. The number of ether oxygens (including phenoxy) is 3. The van der Waals surface area contributed by atoms with E-state index in [9.17, 15) is 0 Å². The lowest BCUT2D eigenvalue weighted by atomic mass is 10.0. The van der Waals surface area contributed by atoms with Gasteiger partial charge < -0.3 is 18.8 Å². The van der Waals surface area contributed by atoms with E-state index in [1.165, 1.54) is 0 Å². The Morgan fingerprint density at radius 1 is 1.10 bits per heavy atom. The van der Waals surface area contributed by atoms with Crippen LogP contribution in [0, 0.1) is 0 Å². The minimum Gasteiger partial charge on any atom is -0.374 e. The van der Waals surface area contributed by atoms with E-state index in [0.29, 0.717) is 54.3 Å². The first-order chi connectivity index (χ1) is 15.0. The average molecular weight is 482 g/mol.